The van der Waals surface area contributed by atoms with Gasteiger partial charge in [-0.1, -0.05) is 12.8 Å². The minimum absolute atomic E-state index is 0. The maximum absolute atomic E-state index is 10.2. The number of hydrogen-bond acceptors (Lipinski definition) is 2. The van der Waals surface area contributed by atoms with E-state index < -0.39 is 8.03 Å². The normalized spacial score (nSPS) is 10.7. The van der Waals surface area contributed by atoms with Gasteiger partial charge in [-0.3, -0.25) is 0 Å². The molecule has 0 bridgehead atoms. The van der Waals surface area contributed by atoms with Crippen molar-refractivity contribution in [3.05, 3.63) is 0 Å². The van der Waals surface area contributed by atoms with Crippen LogP contribution in [0, 0.1) is 0 Å². The van der Waals surface area contributed by atoms with Gasteiger partial charge in [0.2, 0.25) is 0 Å². The Labute approximate surface area is 81.0 Å². The highest BCUT2D eigenvalue weighted by atomic mass is 35.5. The summed E-state index contributed by atoms with van der Waals surface area (Å²) in [5.74, 6) is 0. The molecule has 0 saturated carbocycles. The third kappa shape index (κ3) is 12.9. The highest BCUT2D eigenvalue weighted by molar-refractivity contribution is 7.37. The van der Waals surface area contributed by atoms with Gasteiger partial charge in [-0.15, -0.1) is 12.4 Å². The van der Waals surface area contributed by atoms with Gasteiger partial charge >= 0.3 is 8.03 Å². The van der Waals surface area contributed by atoms with Crippen LogP contribution in [-0.4, -0.2) is 17.6 Å². The Bertz CT molecular complexity index is 114. The van der Waals surface area contributed by atoms with E-state index in [4.69, 9.17) is 10.6 Å². The Morgan fingerprint density at radius 1 is 1.08 bits per heavy atom. The van der Waals surface area contributed by atoms with Gasteiger partial charge in [0.15, 0.2) is 6.16 Å². The van der Waals surface area contributed by atoms with E-state index in [1.165, 1.54) is 0 Å². The first-order chi connectivity index (χ1) is 5.27. The summed E-state index contributed by atoms with van der Waals surface area (Å²) >= 11 is 0. The first-order valence-electron chi connectivity index (χ1n) is 4.11. The molecule has 74 valence electrons. The van der Waals surface area contributed by atoms with Crippen molar-refractivity contribution in [1.29, 1.82) is 0 Å². The molecule has 1 atom stereocenters. The average molecular weight is 215 g/mol. The lowest BCUT2D eigenvalue weighted by atomic mass is 10.2. The van der Waals surface area contributed by atoms with E-state index in [2.05, 4.69) is 0 Å². The van der Waals surface area contributed by atoms with Gasteiger partial charge in [0.1, 0.15) is 0 Å². The summed E-state index contributed by atoms with van der Waals surface area (Å²) in [5.41, 5.74) is 5.30. The molecule has 0 heterocycles. The first-order valence-corrected chi connectivity index (χ1v) is 5.50. The number of hydrogen-bond donors (Lipinski definition) is 2. The summed E-state index contributed by atoms with van der Waals surface area (Å²) in [4.78, 5) is 8.44. The Hall–Kier alpha value is 0.310. The molecule has 0 aromatic carbocycles. The van der Waals surface area contributed by atoms with E-state index in [1.54, 1.807) is 0 Å². The second-order valence-electron chi connectivity index (χ2n) is 2.63. The first kappa shape index (κ1) is 14.8. The molecule has 0 saturated heterocycles. The largest absolute Gasteiger partial charge is 0.505 e. The molecule has 3 nitrogen and oxygen atoms in total. The summed E-state index contributed by atoms with van der Waals surface area (Å²) < 4.78 is 10.2. The molecule has 0 fully saturated rings. The molecule has 12 heavy (non-hydrogen) atoms. The molecular formula is C7H18ClNO2P+. The Morgan fingerprint density at radius 3 is 2.08 bits per heavy atom. The fourth-order valence-corrected chi connectivity index (χ4v) is 1.42. The molecule has 5 heteroatoms. The Kier molecular flexibility index (Phi) is 14.0. The van der Waals surface area contributed by atoms with Crippen molar-refractivity contribution < 1.29 is 9.46 Å². The van der Waals surface area contributed by atoms with Crippen molar-refractivity contribution in [2.24, 2.45) is 5.73 Å². The second kappa shape index (κ2) is 11.3. The van der Waals surface area contributed by atoms with Gasteiger partial charge < -0.3 is 5.73 Å². The molecule has 0 aliphatic rings. The molecular weight excluding hydrogens is 197 g/mol. The van der Waals surface area contributed by atoms with E-state index in [0.717, 1.165) is 38.6 Å². The summed E-state index contributed by atoms with van der Waals surface area (Å²) in [5, 5.41) is 0. The fourth-order valence-electron chi connectivity index (χ4n) is 0.922. The van der Waals surface area contributed by atoms with Crippen LogP contribution in [0.15, 0.2) is 0 Å². The zero-order chi connectivity index (χ0) is 8.53. The van der Waals surface area contributed by atoms with Gasteiger partial charge in [-0.05, 0) is 30.4 Å². The smallest absolute Gasteiger partial charge is 0.330 e. The van der Waals surface area contributed by atoms with Gasteiger partial charge in [0.25, 0.3) is 0 Å². The van der Waals surface area contributed by atoms with E-state index in [0.29, 0.717) is 6.16 Å². The number of nitrogens with two attached hydrogens (primary N) is 1. The van der Waals surface area contributed by atoms with Crippen LogP contribution in [-0.2, 0) is 4.57 Å². The summed E-state index contributed by atoms with van der Waals surface area (Å²) in [7, 11) is -1.90. The molecule has 3 N–H and O–H groups in total. The summed E-state index contributed by atoms with van der Waals surface area (Å²) in [6, 6.07) is 0. The van der Waals surface area contributed by atoms with Crippen molar-refractivity contribution in [3.63, 3.8) is 0 Å². The molecule has 0 spiro atoms. The minimum atomic E-state index is -1.90. The monoisotopic (exact) mass is 214 g/mol. The van der Waals surface area contributed by atoms with Crippen molar-refractivity contribution in [2.45, 2.75) is 32.1 Å². The van der Waals surface area contributed by atoms with Gasteiger partial charge in [-0.2, -0.15) is 4.89 Å². The lowest BCUT2D eigenvalue weighted by Gasteiger charge is -1.94. The van der Waals surface area contributed by atoms with E-state index >= 15 is 0 Å². The topological polar surface area (TPSA) is 63.3 Å². The molecule has 0 aliphatic carbocycles. The number of rotatable bonds is 7. The molecule has 0 rings (SSSR count). The maximum atomic E-state index is 10.2. The predicted molar refractivity (Wildman–Crippen MR) is 54.1 cm³/mol. The predicted octanol–water partition coefficient (Wildman–Crippen LogP) is 2.05. The van der Waals surface area contributed by atoms with Crippen LogP contribution in [0.25, 0.3) is 0 Å². The van der Waals surface area contributed by atoms with E-state index in [-0.39, 0.29) is 12.4 Å². The van der Waals surface area contributed by atoms with Crippen LogP contribution in [0.5, 0.6) is 0 Å². The lowest BCUT2D eigenvalue weighted by molar-refractivity contribution is 0.499. The minimum Gasteiger partial charge on any atom is -0.330 e. The van der Waals surface area contributed by atoms with Crippen LogP contribution in [0.3, 0.4) is 0 Å². The van der Waals surface area contributed by atoms with Crippen molar-refractivity contribution >= 4 is 20.4 Å². The highest BCUT2D eigenvalue weighted by Gasteiger charge is 2.07. The molecule has 0 radical (unpaired) electrons. The highest BCUT2D eigenvalue weighted by Crippen LogP contribution is 2.16. The maximum Gasteiger partial charge on any atom is 0.505 e. The van der Waals surface area contributed by atoms with Crippen LogP contribution in [0.1, 0.15) is 32.1 Å². The number of halogens is 1. The molecule has 0 amide bonds. The zero-order valence-electron chi connectivity index (χ0n) is 7.24. The fraction of sp³-hybridized carbons (Fsp3) is 1.00. The molecule has 0 aliphatic heterocycles. The number of unbranched alkanes of at least 4 members (excludes halogenated alkanes) is 4. The summed E-state index contributed by atoms with van der Waals surface area (Å²) in [6.07, 6.45) is 5.75. The average Bonchev–Trinajstić information content (AvgIpc) is 1.96. The van der Waals surface area contributed by atoms with E-state index in [9.17, 15) is 4.57 Å². The Morgan fingerprint density at radius 2 is 1.58 bits per heavy atom. The summed E-state index contributed by atoms with van der Waals surface area (Å²) in [6.45, 7) is 0.758. The molecule has 0 aromatic heterocycles. The van der Waals surface area contributed by atoms with Crippen molar-refractivity contribution in [1.82, 2.24) is 0 Å². The van der Waals surface area contributed by atoms with Gasteiger partial charge in [-0.25, -0.2) is 0 Å². The van der Waals surface area contributed by atoms with Gasteiger partial charge in [0.05, 0.1) is 0 Å². The van der Waals surface area contributed by atoms with Crippen molar-refractivity contribution in [2.75, 3.05) is 12.7 Å². The van der Waals surface area contributed by atoms with Crippen LogP contribution < -0.4 is 5.73 Å². The lowest BCUT2D eigenvalue weighted by Crippen LogP contribution is -1.97. The molecule has 1 unspecified atom stereocenters. The third-order valence-corrected chi connectivity index (χ3v) is 2.25. The third-order valence-electron chi connectivity index (χ3n) is 1.55. The van der Waals surface area contributed by atoms with E-state index in [1.807, 2.05) is 0 Å². The Balaban J connectivity index is 0. The van der Waals surface area contributed by atoms with Crippen LogP contribution in [0.2, 0.25) is 0 Å². The van der Waals surface area contributed by atoms with Crippen LogP contribution >= 0.6 is 20.4 Å². The van der Waals surface area contributed by atoms with Crippen molar-refractivity contribution in [3.8, 4) is 0 Å². The van der Waals surface area contributed by atoms with Crippen LogP contribution in [0.4, 0.5) is 0 Å². The second-order valence-corrected chi connectivity index (χ2v) is 3.78. The SMILES string of the molecule is Cl.NCCCCCCC[P+](=O)O. The zero-order valence-corrected chi connectivity index (χ0v) is 8.95. The molecule has 0 aromatic rings. The van der Waals surface area contributed by atoms with Gasteiger partial charge in [0, 0.05) is 0 Å². The standard InChI is InChI=1S/C7H16NO2P.ClH/c8-6-4-2-1-3-5-7-11(9)10;/h1-8H2;1H/p+1. The quantitative estimate of drug-likeness (QED) is 0.504.